The van der Waals surface area contributed by atoms with Crippen molar-refractivity contribution in [2.75, 3.05) is 0 Å². The third-order valence-corrected chi connectivity index (χ3v) is 9.87. The van der Waals surface area contributed by atoms with E-state index < -0.39 is 24.2 Å². The first kappa shape index (κ1) is 21.5. The van der Waals surface area contributed by atoms with E-state index in [0.717, 1.165) is 38.4 Å². The second-order valence-corrected chi connectivity index (χ2v) is 12.6. The topological polar surface area (TPSA) is 0 Å². The maximum absolute atomic E-state index is 9.37. The Morgan fingerprint density at radius 1 is 0.300 bits per heavy atom. The van der Waals surface area contributed by atoms with Crippen LogP contribution in [-0.2, 0) is 0 Å². The predicted molar refractivity (Wildman–Crippen MR) is 216 cm³/mol. The first-order valence-corrected chi connectivity index (χ1v) is 16.7. The van der Waals surface area contributed by atoms with Crippen LogP contribution in [0.15, 0.2) is 194 Å². The van der Waals surface area contributed by atoms with E-state index in [2.05, 4.69) is 54.6 Å². The summed E-state index contributed by atoms with van der Waals surface area (Å²) in [4.78, 5) is 0. The molecule has 10 rings (SSSR count). The first-order chi connectivity index (χ1) is 28.1. The Balaban J connectivity index is 1.28. The van der Waals surface area contributed by atoms with Gasteiger partial charge in [-0.25, -0.2) is 0 Å². The van der Waals surface area contributed by atoms with Crippen LogP contribution in [0.25, 0.3) is 98.4 Å². The lowest BCUT2D eigenvalue weighted by Gasteiger charge is -2.18. The van der Waals surface area contributed by atoms with Gasteiger partial charge >= 0.3 is 0 Å². The maximum atomic E-state index is 9.37. The van der Waals surface area contributed by atoms with E-state index in [0.29, 0.717) is 22.3 Å². The van der Waals surface area contributed by atoms with Crippen LogP contribution in [0.1, 0.15) is 11.0 Å². The van der Waals surface area contributed by atoms with Gasteiger partial charge in [0.1, 0.15) is 0 Å². The van der Waals surface area contributed by atoms with Crippen molar-refractivity contribution >= 4 is 53.9 Å². The molecule has 10 aromatic carbocycles. The molecule has 0 N–H and O–H groups in total. The van der Waals surface area contributed by atoms with E-state index in [-0.39, 0.29) is 45.7 Å². The van der Waals surface area contributed by atoms with Gasteiger partial charge in [-0.05, 0) is 111 Å². The molecular weight excluding hydrogens is 601 g/mol. The molecule has 0 unspecified atom stereocenters. The van der Waals surface area contributed by atoms with Crippen LogP contribution in [-0.4, -0.2) is 0 Å². The lowest BCUT2D eigenvalue weighted by molar-refractivity contribution is 1.61. The highest BCUT2D eigenvalue weighted by atomic mass is 14.2. The second kappa shape index (κ2) is 11.6. The minimum absolute atomic E-state index is 0.194. The van der Waals surface area contributed by atoms with Gasteiger partial charge in [0.2, 0.25) is 0 Å². The maximum Gasteiger partial charge on any atom is 0.0629 e. The van der Waals surface area contributed by atoms with Crippen LogP contribution in [0.2, 0.25) is 0 Å². The van der Waals surface area contributed by atoms with Crippen molar-refractivity contribution in [3.8, 4) is 44.5 Å². The van der Waals surface area contributed by atoms with Gasteiger partial charge in [0.25, 0.3) is 0 Å². The summed E-state index contributed by atoms with van der Waals surface area (Å²) in [6.07, 6.45) is 0. The summed E-state index contributed by atoms with van der Waals surface area (Å²) >= 11 is 0. The van der Waals surface area contributed by atoms with Crippen LogP contribution < -0.4 is 0 Å². The normalized spacial score (nSPS) is 13.8. The van der Waals surface area contributed by atoms with Crippen molar-refractivity contribution in [3.05, 3.63) is 194 Å². The Kier molecular flexibility index (Phi) is 4.97. The molecule has 0 saturated carbocycles. The van der Waals surface area contributed by atoms with E-state index >= 15 is 0 Å². The van der Waals surface area contributed by atoms with Crippen molar-refractivity contribution in [2.24, 2.45) is 0 Å². The summed E-state index contributed by atoms with van der Waals surface area (Å²) in [5, 5.41) is 7.63. The Morgan fingerprint density at radius 2 is 0.820 bits per heavy atom. The fraction of sp³-hybridized carbons (Fsp3) is 0. The molecule has 0 aliphatic carbocycles. The van der Waals surface area contributed by atoms with Crippen molar-refractivity contribution in [3.63, 3.8) is 0 Å². The molecule has 0 bridgehead atoms. The fourth-order valence-corrected chi connectivity index (χ4v) is 7.62. The van der Waals surface area contributed by atoms with Crippen molar-refractivity contribution in [1.29, 1.82) is 0 Å². The van der Waals surface area contributed by atoms with Gasteiger partial charge in [0.05, 0.1) is 11.0 Å². The molecule has 0 nitrogen and oxygen atoms in total. The third-order valence-electron chi connectivity index (χ3n) is 9.87. The smallest absolute Gasteiger partial charge is 0.0622 e. The van der Waals surface area contributed by atoms with E-state index in [1.54, 1.807) is 0 Å². The molecule has 0 aliphatic rings. The first-order valence-electron chi connectivity index (χ1n) is 20.7. The quantitative estimate of drug-likeness (QED) is 0.133. The molecule has 0 radical (unpaired) electrons. The largest absolute Gasteiger partial charge is 0.0629 e. The van der Waals surface area contributed by atoms with Crippen LogP contribution in [0.5, 0.6) is 0 Å². The van der Waals surface area contributed by atoms with Gasteiger partial charge in [-0.1, -0.05) is 182 Å². The standard InChI is InChI=1S/C50H32/c1-2-13-33(14-3-1)37-16-12-17-38(31-37)50-45-23-10-8-21-43(45)48(44-22-9-11-24-46(44)50)36-28-25-35(26-29-36)47-32-39-30-27-34-15-4-5-18-40(34)49(39)42-20-7-6-19-41(42)47/h1-32H/i8D,9D,10D,11D,21D,22D,23D,24D. The summed E-state index contributed by atoms with van der Waals surface area (Å²) < 4.78 is 72.7. The molecule has 0 aliphatic heterocycles. The van der Waals surface area contributed by atoms with E-state index in [1.165, 1.54) is 16.2 Å². The van der Waals surface area contributed by atoms with Crippen LogP contribution in [0.4, 0.5) is 0 Å². The van der Waals surface area contributed by atoms with Crippen molar-refractivity contribution in [1.82, 2.24) is 0 Å². The number of hydrogen-bond acceptors (Lipinski definition) is 0. The molecule has 0 aromatic heterocycles. The van der Waals surface area contributed by atoms with Gasteiger partial charge in [-0.3, -0.25) is 0 Å². The monoisotopic (exact) mass is 640 g/mol. The number of fused-ring (bicyclic) bond motifs is 7. The minimum atomic E-state index is -0.422. The molecule has 0 amide bonds. The molecule has 0 spiro atoms. The Morgan fingerprint density at radius 3 is 1.52 bits per heavy atom. The van der Waals surface area contributed by atoms with Gasteiger partial charge in [0.15, 0.2) is 0 Å². The van der Waals surface area contributed by atoms with Crippen LogP contribution in [0.3, 0.4) is 0 Å². The Labute approximate surface area is 302 Å². The Bertz CT molecular complexity index is 3270. The Hall–Kier alpha value is -6.50. The molecule has 232 valence electrons. The second-order valence-electron chi connectivity index (χ2n) is 12.6. The summed E-state index contributed by atoms with van der Waals surface area (Å²) in [5.74, 6) is 0. The highest BCUT2D eigenvalue weighted by Crippen LogP contribution is 2.45. The van der Waals surface area contributed by atoms with Gasteiger partial charge < -0.3 is 0 Å². The number of hydrogen-bond donors (Lipinski definition) is 0. The van der Waals surface area contributed by atoms with Gasteiger partial charge in [-0.15, -0.1) is 0 Å². The molecule has 0 heterocycles. The third kappa shape index (κ3) is 4.54. The molecule has 0 fully saturated rings. The summed E-state index contributed by atoms with van der Waals surface area (Å²) in [6, 6.07) is 45.5. The zero-order valence-corrected chi connectivity index (χ0v) is 26.9. The molecule has 0 heteroatoms. The predicted octanol–water partition coefficient (Wildman–Crippen LogP) is 14.1. The zero-order chi connectivity index (χ0) is 40.0. The van der Waals surface area contributed by atoms with Gasteiger partial charge in [-0.2, -0.15) is 0 Å². The van der Waals surface area contributed by atoms with Crippen LogP contribution >= 0.6 is 0 Å². The van der Waals surface area contributed by atoms with Crippen molar-refractivity contribution < 1.29 is 11.0 Å². The SMILES string of the molecule is [2H]c1c([2H])c([2H])c2c(-c3cccc(-c4ccccc4)c3)c3c([2H])c([2H])c([2H])c([2H])c3c(-c3ccc(-c4cc5ccc6ccccc6c5c5ccccc45)cc3)c2c1[2H]. The fourth-order valence-electron chi connectivity index (χ4n) is 7.62. The average Bonchev–Trinajstić information content (AvgIpc) is 3.27. The zero-order valence-electron chi connectivity index (χ0n) is 34.9. The lowest BCUT2D eigenvalue weighted by Crippen LogP contribution is -1.91. The molecule has 0 atom stereocenters. The number of rotatable bonds is 4. The number of benzene rings is 10. The van der Waals surface area contributed by atoms with E-state index in [4.69, 9.17) is 5.48 Å². The van der Waals surface area contributed by atoms with E-state index in [1.807, 2.05) is 91.0 Å². The molecule has 10 aromatic rings. The minimum Gasteiger partial charge on any atom is -0.0622 e. The lowest BCUT2D eigenvalue weighted by atomic mass is 9.85. The summed E-state index contributed by atoms with van der Waals surface area (Å²) in [5.41, 5.74) is 5.55. The molecular formula is C50H32. The van der Waals surface area contributed by atoms with Crippen LogP contribution in [0, 0.1) is 0 Å². The highest BCUT2D eigenvalue weighted by Gasteiger charge is 2.18. The van der Waals surface area contributed by atoms with Gasteiger partial charge in [0, 0.05) is 0 Å². The molecule has 0 saturated heterocycles. The highest BCUT2D eigenvalue weighted by molar-refractivity contribution is 6.24. The van der Waals surface area contributed by atoms with Crippen molar-refractivity contribution in [2.45, 2.75) is 0 Å². The summed E-state index contributed by atoms with van der Waals surface area (Å²) in [6.45, 7) is 0. The summed E-state index contributed by atoms with van der Waals surface area (Å²) in [7, 11) is 0. The average molecular weight is 641 g/mol. The molecule has 50 heavy (non-hydrogen) atoms. The van der Waals surface area contributed by atoms with E-state index in [9.17, 15) is 5.48 Å².